The molecule has 0 saturated heterocycles. The number of fused-ring (bicyclic) bond motifs is 1. The van der Waals surface area contributed by atoms with E-state index < -0.39 is 17.8 Å². The van der Waals surface area contributed by atoms with Crippen molar-refractivity contribution in [2.75, 3.05) is 7.11 Å². The molecule has 1 atom stereocenters. The van der Waals surface area contributed by atoms with Crippen molar-refractivity contribution in [3.05, 3.63) is 69.6 Å². The molecule has 1 heterocycles. The maximum atomic E-state index is 13.1. The number of hydrogen-bond donors (Lipinski definition) is 0. The van der Waals surface area contributed by atoms with Crippen LogP contribution in [0.4, 0.5) is 4.39 Å². The van der Waals surface area contributed by atoms with Gasteiger partial charge in [0.25, 0.3) is 0 Å². The van der Waals surface area contributed by atoms with Gasteiger partial charge in [0.2, 0.25) is 0 Å². The molecule has 112 valence electrons. The zero-order valence-electron chi connectivity index (χ0n) is 11.7. The van der Waals surface area contributed by atoms with E-state index in [0.29, 0.717) is 11.1 Å². The predicted molar refractivity (Wildman–Crippen MR) is 82.6 cm³/mol. The van der Waals surface area contributed by atoms with Gasteiger partial charge >= 0.3 is 10.8 Å². The van der Waals surface area contributed by atoms with Crippen LogP contribution in [0.25, 0.3) is 10.2 Å². The van der Waals surface area contributed by atoms with Gasteiger partial charge in [-0.1, -0.05) is 35.6 Å². The molecule has 0 N–H and O–H groups in total. The summed E-state index contributed by atoms with van der Waals surface area (Å²) in [4.78, 5) is 24.3. The quantitative estimate of drug-likeness (QED) is 0.698. The summed E-state index contributed by atoms with van der Waals surface area (Å²) in [6.45, 7) is 0. The van der Waals surface area contributed by atoms with Gasteiger partial charge in [0.15, 0.2) is 6.04 Å². The number of methoxy groups -OCH3 is 1. The van der Waals surface area contributed by atoms with Crippen molar-refractivity contribution in [1.82, 2.24) is 4.57 Å². The van der Waals surface area contributed by atoms with Gasteiger partial charge in [-0.3, -0.25) is 9.36 Å². The van der Waals surface area contributed by atoms with Crippen LogP contribution in [0.2, 0.25) is 0 Å². The summed E-state index contributed by atoms with van der Waals surface area (Å²) in [6, 6.07) is 11.7. The molecule has 3 rings (SSSR count). The van der Waals surface area contributed by atoms with Gasteiger partial charge in [-0.2, -0.15) is 0 Å². The van der Waals surface area contributed by atoms with Crippen LogP contribution >= 0.6 is 11.3 Å². The molecule has 1 aromatic heterocycles. The molecular formula is C16H12FNO3S. The van der Waals surface area contributed by atoms with E-state index in [9.17, 15) is 14.0 Å². The van der Waals surface area contributed by atoms with Crippen LogP contribution in [-0.2, 0) is 9.53 Å². The van der Waals surface area contributed by atoms with Crippen LogP contribution in [0.5, 0.6) is 0 Å². The topological polar surface area (TPSA) is 48.3 Å². The van der Waals surface area contributed by atoms with E-state index in [2.05, 4.69) is 0 Å². The molecule has 3 aromatic rings. The van der Waals surface area contributed by atoms with Gasteiger partial charge in [0.05, 0.1) is 17.3 Å². The molecule has 0 fully saturated rings. The predicted octanol–water partition coefficient (Wildman–Crippen LogP) is 2.96. The van der Waals surface area contributed by atoms with E-state index in [0.717, 1.165) is 16.0 Å². The number of halogens is 1. The number of rotatable bonds is 3. The van der Waals surface area contributed by atoms with Gasteiger partial charge in [-0.15, -0.1) is 0 Å². The average molecular weight is 317 g/mol. The molecule has 0 radical (unpaired) electrons. The first-order valence-corrected chi connectivity index (χ1v) is 7.37. The van der Waals surface area contributed by atoms with Crippen molar-refractivity contribution in [3.63, 3.8) is 0 Å². The van der Waals surface area contributed by atoms with Crippen molar-refractivity contribution in [3.8, 4) is 0 Å². The van der Waals surface area contributed by atoms with Gasteiger partial charge in [-0.05, 0) is 29.8 Å². The first-order chi connectivity index (χ1) is 10.6. The molecule has 0 amide bonds. The highest BCUT2D eigenvalue weighted by Crippen LogP contribution is 2.26. The molecule has 4 nitrogen and oxygen atoms in total. The Morgan fingerprint density at radius 1 is 1.18 bits per heavy atom. The highest BCUT2D eigenvalue weighted by atomic mass is 32.1. The molecule has 2 aromatic carbocycles. The maximum absolute atomic E-state index is 13.1. The molecule has 0 spiro atoms. The number of carbonyl (C=O) groups is 1. The Bertz CT molecular complexity index is 882. The second kappa shape index (κ2) is 5.73. The maximum Gasteiger partial charge on any atom is 0.333 e. The monoisotopic (exact) mass is 317 g/mol. The molecule has 6 heteroatoms. The number of benzene rings is 2. The summed E-state index contributed by atoms with van der Waals surface area (Å²) in [6.07, 6.45) is 0. The number of para-hydroxylation sites is 1. The van der Waals surface area contributed by atoms with Crippen molar-refractivity contribution < 1.29 is 13.9 Å². The number of nitrogens with zero attached hydrogens (tertiary/aromatic N) is 1. The van der Waals surface area contributed by atoms with Crippen LogP contribution in [0, 0.1) is 5.82 Å². The van der Waals surface area contributed by atoms with Crippen LogP contribution < -0.4 is 4.87 Å². The van der Waals surface area contributed by atoms with Crippen molar-refractivity contribution in [2.24, 2.45) is 0 Å². The third-order valence-corrected chi connectivity index (χ3v) is 4.32. The lowest BCUT2D eigenvalue weighted by Gasteiger charge is -2.17. The lowest BCUT2D eigenvalue weighted by molar-refractivity contribution is -0.143. The molecule has 0 aliphatic carbocycles. The Labute approximate surface area is 129 Å². The number of carbonyl (C=O) groups excluding carboxylic acids is 1. The summed E-state index contributed by atoms with van der Waals surface area (Å²) in [5.41, 5.74) is 1.15. The van der Waals surface area contributed by atoms with Gasteiger partial charge in [0, 0.05) is 0 Å². The summed E-state index contributed by atoms with van der Waals surface area (Å²) in [5.74, 6) is -0.979. The van der Waals surface area contributed by atoms with Crippen LogP contribution in [0.1, 0.15) is 11.6 Å². The van der Waals surface area contributed by atoms with E-state index in [1.165, 1.54) is 35.9 Å². The van der Waals surface area contributed by atoms with Gasteiger partial charge in [0.1, 0.15) is 5.82 Å². The van der Waals surface area contributed by atoms with Gasteiger partial charge < -0.3 is 4.74 Å². The molecule has 0 aliphatic rings. The normalized spacial score (nSPS) is 12.3. The number of hydrogen-bond acceptors (Lipinski definition) is 4. The van der Waals surface area contributed by atoms with Gasteiger partial charge in [-0.25, -0.2) is 9.18 Å². The lowest BCUT2D eigenvalue weighted by Crippen LogP contribution is -2.28. The fraction of sp³-hybridized carbons (Fsp3) is 0.125. The molecule has 0 saturated carbocycles. The van der Waals surface area contributed by atoms with Crippen LogP contribution in [0.3, 0.4) is 0 Å². The van der Waals surface area contributed by atoms with Crippen molar-refractivity contribution >= 4 is 27.5 Å². The molecule has 0 unspecified atom stereocenters. The largest absolute Gasteiger partial charge is 0.467 e. The third-order valence-electron chi connectivity index (χ3n) is 3.39. The Morgan fingerprint density at radius 3 is 2.55 bits per heavy atom. The first kappa shape index (κ1) is 14.5. The molecule has 22 heavy (non-hydrogen) atoms. The number of thiazole rings is 1. The lowest BCUT2D eigenvalue weighted by atomic mass is 10.1. The number of aromatic nitrogens is 1. The van der Waals surface area contributed by atoms with Crippen LogP contribution in [-0.4, -0.2) is 17.6 Å². The Balaban J connectivity index is 2.25. The van der Waals surface area contributed by atoms with Crippen LogP contribution in [0.15, 0.2) is 53.3 Å². The van der Waals surface area contributed by atoms with Crippen molar-refractivity contribution in [1.29, 1.82) is 0 Å². The second-order valence-electron chi connectivity index (χ2n) is 4.68. The molecule has 0 bridgehead atoms. The summed E-state index contributed by atoms with van der Waals surface area (Å²) < 4.78 is 20.1. The highest BCUT2D eigenvalue weighted by molar-refractivity contribution is 7.16. The Morgan fingerprint density at radius 2 is 1.86 bits per heavy atom. The van der Waals surface area contributed by atoms with E-state index in [1.807, 2.05) is 12.1 Å². The van der Waals surface area contributed by atoms with E-state index in [-0.39, 0.29) is 4.87 Å². The van der Waals surface area contributed by atoms with E-state index >= 15 is 0 Å². The minimum Gasteiger partial charge on any atom is -0.467 e. The zero-order chi connectivity index (χ0) is 15.7. The fourth-order valence-electron chi connectivity index (χ4n) is 2.38. The summed E-state index contributed by atoms with van der Waals surface area (Å²) in [5, 5.41) is 0. The van der Waals surface area contributed by atoms with E-state index in [4.69, 9.17) is 4.74 Å². The minimum atomic E-state index is -0.936. The Kier molecular flexibility index (Phi) is 3.77. The average Bonchev–Trinajstić information content (AvgIpc) is 2.85. The molecule has 0 aliphatic heterocycles. The Hall–Kier alpha value is -2.47. The fourth-order valence-corrected chi connectivity index (χ4v) is 3.28. The SMILES string of the molecule is COC(=O)[C@@H](c1ccc(F)cc1)n1c(=O)sc2ccccc21. The molecular weight excluding hydrogens is 305 g/mol. The highest BCUT2D eigenvalue weighted by Gasteiger charge is 2.27. The number of esters is 1. The summed E-state index contributed by atoms with van der Waals surface area (Å²) in [7, 11) is 1.26. The smallest absolute Gasteiger partial charge is 0.333 e. The standard InChI is InChI=1S/C16H12FNO3S/c1-21-15(19)14(10-6-8-11(17)9-7-10)18-12-4-2-3-5-13(12)22-16(18)20/h2-9,14H,1H3/t14-/m1/s1. The first-order valence-electron chi connectivity index (χ1n) is 6.55. The summed E-state index contributed by atoms with van der Waals surface area (Å²) >= 11 is 1.06. The van der Waals surface area contributed by atoms with E-state index in [1.54, 1.807) is 12.1 Å². The second-order valence-corrected chi connectivity index (χ2v) is 5.68. The number of ether oxygens (including phenoxy) is 1. The third kappa shape index (κ3) is 2.42. The minimum absolute atomic E-state index is 0.263. The zero-order valence-corrected chi connectivity index (χ0v) is 12.5. The van der Waals surface area contributed by atoms with Crippen molar-refractivity contribution in [2.45, 2.75) is 6.04 Å².